The van der Waals surface area contributed by atoms with Gasteiger partial charge in [0, 0.05) is 18.0 Å². The quantitative estimate of drug-likeness (QED) is 0.639. The third-order valence-electron chi connectivity index (χ3n) is 4.99. The maximum atomic E-state index is 12.9. The molecule has 3 unspecified atom stereocenters. The number of aliphatic carboxylic acids is 1. The Morgan fingerprint density at radius 3 is 2.43 bits per heavy atom. The number of carboxylic acid groups (broad SMARTS) is 1. The molecule has 1 aromatic heterocycles. The number of aryl methyl sites for hydroxylation is 1. The number of nitrogens with one attached hydrogen (secondary N) is 2. The van der Waals surface area contributed by atoms with Crippen molar-refractivity contribution in [3.8, 4) is 5.75 Å². The van der Waals surface area contributed by atoms with E-state index in [-0.39, 0.29) is 5.92 Å². The van der Waals surface area contributed by atoms with Gasteiger partial charge in [0.2, 0.25) is 5.91 Å². The first-order chi connectivity index (χ1) is 13.2. The second-order valence-corrected chi connectivity index (χ2v) is 6.92. The smallest absolute Gasteiger partial charge is 0.325 e. The largest absolute Gasteiger partial charge is 0.497 e. The fourth-order valence-electron chi connectivity index (χ4n) is 2.95. The molecule has 2 aromatic rings. The van der Waals surface area contributed by atoms with E-state index in [1.807, 2.05) is 32.0 Å². The summed E-state index contributed by atoms with van der Waals surface area (Å²) in [5.41, 5.74) is 1.26. The maximum absolute atomic E-state index is 12.9. The normalized spacial score (nSPS) is 14.2. The number of fused-ring (bicyclic) bond motifs is 1. The molecule has 28 heavy (non-hydrogen) atoms. The molecule has 2 rings (SSSR count). The SMILES string of the molecule is CCC(C)C(NC(=O)c1cc2cc(OC)ccc2n1C)C(=O)NC(C)C(=O)O. The zero-order valence-electron chi connectivity index (χ0n) is 16.8. The van der Waals surface area contributed by atoms with Crippen molar-refractivity contribution < 1.29 is 24.2 Å². The van der Waals surface area contributed by atoms with Crippen LogP contribution in [-0.2, 0) is 16.6 Å². The van der Waals surface area contributed by atoms with Crippen molar-refractivity contribution in [3.05, 3.63) is 30.0 Å². The summed E-state index contributed by atoms with van der Waals surface area (Å²) in [6, 6.07) is 5.36. The van der Waals surface area contributed by atoms with Gasteiger partial charge in [-0.15, -0.1) is 0 Å². The summed E-state index contributed by atoms with van der Waals surface area (Å²) in [6.45, 7) is 5.12. The first-order valence-electron chi connectivity index (χ1n) is 9.17. The summed E-state index contributed by atoms with van der Waals surface area (Å²) in [5.74, 6) is -1.53. The lowest BCUT2D eigenvalue weighted by molar-refractivity contribution is -0.141. The Hall–Kier alpha value is -3.03. The van der Waals surface area contributed by atoms with Crippen molar-refractivity contribution in [2.75, 3.05) is 7.11 Å². The van der Waals surface area contributed by atoms with Crippen LogP contribution in [-0.4, -0.2) is 46.7 Å². The van der Waals surface area contributed by atoms with Crippen LogP contribution in [0.4, 0.5) is 0 Å². The number of methoxy groups -OCH3 is 1. The summed E-state index contributed by atoms with van der Waals surface area (Å²) < 4.78 is 6.97. The zero-order chi connectivity index (χ0) is 21.0. The van der Waals surface area contributed by atoms with Crippen molar-refractivity contribution in [1.82, 2.24) is 15.2 Å². The van der Waals surface area contributed by atoms with Gasteiger partial charge in [0.15, 0.2) is 0 Å². The molecule has 3 N–H and O–H groups in total. The van der Waals surface area contributed by atoms with Crippen molar-refractivity contribution in [2.24, 2.45) is 13.0 Å². The summed E-state index contributed by atoms with van der Waals surface area (Å²) in [7, 11) is 3.35. The molecule has 0 saturated heterocycles. The molecule has 0 bridgehead atoms. The lowest BCUT2D eigenvalue weighted by Crippen LogP contribution is -2.53. The number of carboxylic acids is 1. The Kier molecular flexibility index (Phi) is 6.66. The number of carbonyl (C=O) groups is 3. The van der Waals surface area contributed by atoms with Gasteiger partial charge in [-0.3, -0.25) is 14.4 Å². The molecule has 0 spiro atoms. The zero-order valence-corrected chi connectivity index (χ0v) is 16.8. The van der Waals surface area contributed by atoms with Crippen molar-refractivity contribution in [3.63, 3.8) is 0 Å². The molecule has 152 valence electrons. The number of aromatic nitrogens is 1. The third-order valence-corrected chi connectivity index (χ3v) is 4.99. The highest BCUT2D eigenvalue weighted by Gasteiger charge is 2.29. The number of benzene rings is 1. The Morgan fingerprint density at radius 2 is 1.86 bits per heavy atom. The lowest BCUT2D eigenvalue weighted by atomic mass is 9.98. The first-order valence-corrected chi connectivity index (χ1v) is 9.17. The molecule has 8 heteroatoms. The van der Waals surface area contributed by atoms with Gasteiger partial charge < -0.3 is 25.0 Å². The molecule has 1 heterocycles. The van der Waals surface area contributed by atoms with Crippen molar-refractivity contribution >= 4 is 28.7 Å². The van der Waals surface area contributed by atoms with Gasteiger partial charge in [-0.25, -0.2) is 0 Å². The van der Waals surface area contributed by atoms with E-state index in [0.717, 1.165) is 10.9 Å². The predicted molar refractivity (Wildman–Crippen MR) is 105 cm³/mol. The van der Waals surface area contributed by atoms with Crippen LogP contribution >= 0.6 is 0 Å². The van der Waals surface area contributed by atoms with E-state index in [1.54, 1.807) is 24.8 Å². The van der Waals surface area contributed by atoms with Crippen LogP contribution < -0.4 is 15.4 Å². The monoisotopic (exact) mass is 389 g/mol. The fraction of sp³-hybridized carbons (Fsp3) is 0.450. The van der Waals surface area contributed by atoms with Crippen LogP contribution in [0.5, 0.6) is 5.75 Å². The van der Waals surface area contributed by atoms with Crippen LogP contribution in [0.25, 0.3) is 10.9 Å². The van der Waals surface area contributed by atoms with Gasteiger partial charge in [-0.05, 0) is 37.1 Å². The second kappa shape index (κ2) is 8.77. The van der Waals surface area contributed by atoms with Crippen LogP contribution in [0.3, 0.4) is 0 Å². The fourth-order valence-corrected chi connectivity index (χ4v) is 2.95. The molecule has 8 nitrogen and oxygen atoms in total. The molecular formula is C20H27N3O5. The molecule has 0 aliphatic rings. The van der Waals surface area contributed by atoms with Crippen molar-refractivity contribution in [2.45, 2.75) is 39.3 Å². The number of hydrogen-bond donors (Lipinski definition) is 3. The molecule has 0 saturated carbocycles. The molecule has 0 aliphatic heterocycles. The summed E-state index contributed by atoms with van der Waals surface area (Å²) in [6.07, 6.45) is 0.645. The van der Waals surface area contributed by atoms with Crippen molar-refractivity contribution in [1.29, 1.82) is 0 Å². The Bertz CT molecular complexity index is 889. The van der Waals surface area contributed by atoms with Gasteiger partial charge in [-0.1, -0.05) is 20.3 Å². The highest BCUT2D eigenvalue weighted by atomic mass is 16.5. The number of rotatable bonds is 8. The minimum absolute atomic E-state index is 0.167. The van der Waals surface area contributed by atoms with E-state index in [4.69, 9.17) is 9.84 Å². The average molecular weight is 389 g/mol. The molecule has 0 radical (unpaired) electrons. The number of amides is 2. The lowest BCUT2D eigenvalue weighted by Gasteiger charge is -2.24. The van der Waals surface area contributed by atoms with E-state index >= 15 is 0 Å². The van der Waals surface area contributed by atoms with Crippen LogP contribution in [0.15, 0.2) is 24.3 Å². The van der Waals surface area contributed by atoms with E-state index in [0.29, 0.717) is 17.9 Å². The number of ether oxygens (including phenoxy) is 1. The molecule has 0 aliphatic carbocycles. The van der Waals surface area contributed by atoms with E-state index in [9.17, 15) is 14.4 Å². The standard InChI is InChI=1S/C20H27N3O5/c1-6-11(2)17(19(25)21-12(3)20(26)27)22-18(24)16-10-13-9-14(28-5)7-8-15(13)23(16)4/h7-12,17H,6H2,1-5H3,(H,21,25)(H,22,24)(H,26,27). The van der Waals surface area contributed by atoms with E-state index in [1.165, 1.54) is 6.92 Å². The van der Waals surface area contributed by atoms with Crippen LogP contribution in [0, 0.1) is 5.92 Å². The van der Waals surface area contributed by atoms with Gasteiger partial charge in [-0.2, -0.15) is 0 Å². The molecule has 2 amide bonds. The number of nitrogens with zero attached hydrogens (tertiary/aromatic N) is 1. The highest BCUT2D eigenvalue weighted by Crippen LogP contribution is 2.24. The minimum Gasteiger partial charge on any atom is -0.497 e. The predicted octanol–water partition coefficient (Wildman–Crippen LogP) is 1.92. The van der Waals surface area contributed by atoms with Gasteiger partial charge >= 0.3 is 5.97 Å². The van der Waals surface area contributed by atoms with E-state index < -0.39 is 29.9 Å². The first kappa shape index (κ1) is 21.3. The average Bonchev–Trinajstić information content (AvgIpc) is 3.00. The summed E-state index contributed by atoms with van der Waals surface area (Å²) in [5, 5.41) is 15.0. The van der Waals surface area contributed by atoms with Crippen LogP contribution in [0.1, 0.15) is 37.7 Å². The van der Waals surface area contributed by atoms with Gasteiger partial charge in [0.05, 0.1) is 7.11 Å². The van der Waals surface area contributed by atoms with Gasteiger partial charge in [0.25, 0.3) is 5.91 Å². The molecule has 0 fully saturated rings. The topological polar surface area (TPSA) is 110 Å². The van der Waals surface area contributed by atoms with E-state index in [2.05, 4.69) is 10.6 Å². The summed E-state index contributed by atoms with van der Waals surface area (Å²) >= 11 is 0. The Morgan fingerprint density at radius 1 is 1.18 bits per heavy atom. The molecule has 1 aromatic carbocycles. The van der Waals surface area contributed by atoms with Crippen LogP contribution in [0.2, 0.25) is 0 Å². The van der Waals surface area contributed by atoms with Gasteiger partial charge in [0.1, 0.15) is 23.5 Å². The number of hydrogen-bond acceptors (Lipinski definition) is 4. The maximum Gasteiger partial charge on any atom is 0.325 e. The molecular weight excluding hydrogens is 362 g/mol. The third kappa shape index (κ3) is 4.44. The minimum atomic E-state index is -1.13. The second-order valence-electron chi connectivity index (χ2n) is 6.92. The summed E-state index contributed by atoms with van der Waals surface area (Å²) in [4.78, 5) is 36.5. The Labute approximate surface area is 163 Å². The Balaban J connectivity index is 2.28. The molecule has 3 atom stereocenters. The number of carbonyl (C=O) groups excluding carboxylic acids is 2. The highest BCUT2D eigenvalue weighted by molar-refractivity contribution is 6.01.